The van der Waals surface area contributed by atoms with Crippen LogP contribution in [0.25, 0.3) is 0 Å². The highest BCUT2D eigenvalue weighted by Crippen LogP contribution is 2.14. The van der Waals surface area contributed by atoms with Crippen molar-refractivity contribution in [1.82, 2.24) is 10.2 Å². The molecule has 2 amide bonds. The molecule has 1 fully saturated rings. The van der Waals surface area contributed by atoms with E-state index < -0.39 is 16.8 Å². The van der Waals surface area contributed by atoms with Crippen LogP contribution in [0.15, 0.2) is 0 Å². The van der Waals surface area contributed by atoms with E-state index in [1.807, 2.05) is 20.8 Å². The summed E-state index contributed by atoms with van der Waals surface area (Å²) in [6.07, 6.45) is 0.839. The minimum absolute atomic E-state index is 0.0444. The maximum Gasteiger partial charge on any atom is 0.245 e. The molecule has 1 saturated heterocycles. The van der Waals surface area contributed by atoms with E-state index in [2.05, 4.69) is 5.32 Å². The summed E-state index contributed by atoms with van der Waals surface area (Å²) in [4.78, 5) is 25.3. The molecule has 0 radical (unpaired) electrons. The van der Waals surface area contributed by atoms with E-state index in [1.165, 1.54) is 4.90 Å². The van der Waals surface area contributed by atoms with E-state index in [4.69, 9.17) is 0 Å². The van der Waals surface area contributed by atoms with Crippen LogP contribution >= 0.6 is 0 Å². The number of amides is 2. The first-order valence-corrected chi connectivity index (χ1v) is 7.91. The van der Waals surface area contributed by atoms with Crippen LogP contribution in [0.3, 0.4) is 0 Å². The van der Waals surface area contributed by atoms with Gasteiger partial charge in [-0.1, -0.05) is 27.2 Å². The van der Waals surface area contributed by atoms with Crippen LogP contribution in [0.4, 0.5) is 0 Å². The van der Waals surface area contributed by atoms with Gasteiger partial charge in [0.2, 0.25) is 11.8 Å². The van der Waals surface area contributed by atoms with Crippen LogP contribution in [0.1, 0.15) is 27.2 Å². The van der Waals surface area contributed by atoms with Gasteiger partial charge < -0.3 is 10.2 Å². The van der Waals surface area contributed by atoms with Crippen molar-refractivity contribution in [2.75, 3.05) is 24.6 Å². The Hall–Kier alpha value is -0.910. The Bertz CT molecular complexity index is 346. The van der Waals surface area contributed by atoms with Crippen LogP contribution in [0, 0.1) is 5.92 Å². The Balaban J connectivity index is 2.64. The number of carbonyl (C=O) groups excluding carboxylic acids is 2. The highest BCUT2D eigenvalue weighted by Gasteiger charge is 2.35. The minimum atomic E-state index is -0.904. The number of nitrogens with one attached hydrogen (secondary N) is 1. The Labute approximate surface area is 111 Å². The number of hydrogen-bond donors (Lipinski definition) is 1. The zero-order valence-corrected chi connectivity index (χ0v) is 12.1. The second-order valence-corrected chi connectivity index (χ2v) is 6.49. The first kappa shape index (κ1) is 15.1. The topological polar surface area (TPSA) is 66.5 Å². The predicted octanol–water partition coefficient (Wildman–Crippen LogP) is 0.128. The summed E-state index contributed by atoms with van der Waals surface area (Å²) in [5.41, 5.74) is 0. The third kappa shape index (κ3) is 3.80. The van der Waals surface area contributed by atoms with E-state index in [0.717, 1.165) is 6.42 Å². The van der Waals surface area contributed by atoms with E-state index in [-0.39, 0.29) is 24.3 Å². The first-order chi connectivity index (χ1) is 8.49. The summed E-state index contributed by atoms with van der Waals surface area (Å²) in [5.74, 6) is 0.992. The second-order valence-electron chi connectivity index (χ2n) is 4.62. The SMILES string of the molecule is CCC(C)C1NC(=O)CN(CCS(=O)CC)C1=O. The van der Waals surface area contributed by atoms with Gasteiger partial charge in [-0.15, -0.1) is 0 Å². The number of hydrogen-bond acceptors (Lipinski definition) is 3. The average Bonchev–Trinajstić information content (AvgIpc) is 2.37. The monoisotopic (exact) mass is 274 g/mol. The molecule has 0 saturated carbocycles. The maximum atomic E-state index is 12.2. The fourth-order valence-electron chi connectivity index (χ4n) is 1.90. The molecule has 1 N–H and O–H groups in total. The number of carbonyl (C=O) groups is 2. The zero-order chi connectivity index (χ0) is 13.7. The standard InChI is InChI=1S/C12H22N2O3S/c1-4-9(3)11-12(16)14(8-10(15)13-11)6-7-18(17)5-2/h9,11H,4-8H2,1-3H3,(H,13,15). The van der Waals surface area contributed by atoms with Gasteiger partial charge in [-0.3, -0.25) is 13.8 Å². The lowest BCUT2D eigenvalue weighted by Gasteiger charge is -2.35. The third-order valence-corrected chi connectivity index (χ3v) is 4.63. The van der Waals surface area contributed by atoms with Crippen LogP contribution in [0.5, 0.6) is 0 Å². The van der Waals surface area contributed by atoms with Gasteiger partial charge in [-0.25, -0.2) is 0 Å². The quantitative estimate of drug-likeness (QED) is 0.748. The fourth-order valence-corrected chi connectivity index (χ4v) is 2.61. The maximum absolute atomic E-state index is 12.2. The molecule has 104 valence electrons. The van der Waals surface area contributed by atoms with Crippen LogP contribution in [-0.4, -0.2) is 51.6 Å². The van der Waals surface area contributed by atoms with Crippen molar-refractivity contribution in [3.05, 3.63) is 0 Å². The fraction of sp³-hybridized carbons (Fsp3) is 0.833. The van der Waals surface area contributed by atoms with Crippen molar-refractivity contribution in [2.45, 2.75) is 33.2 Å². The van der Waals surface area contributed by atoms with Gasteiger partial charge in [0.05, 0.1) is 6.54 Å². The van der Waals surface area contributed by atoms with Gasteiger partial charge >= 0.3 is 0 Å². The molecule has 6 heteroatoms. The first-order valence-electron chi connectivity index (χ1n) is 6.42. The summed E-state index contributed by atoms with van der Waals surface area (Å²) in [5, 5.41) is 2.74. The number of rotatable bonds is 6. The van der Waals surface area contributed by atoms with Crippen LogP contribution in [0.2, 0.25) is 0 Å². The van der Waals surface area contributed by atoms with Gasteiger partial charge in [0, 0.05) is 28.9 Å². The largest absolute Gasteiger partial charge is 0.342 e. The Kier molecular flexibility index (Phi) is 5.78. The molecule has 3 unspecified atom stereocenters. The molecule has 0 aromatic rings. The molecule has 0 aliphatic carbocycles. The molecule has 1 heterocycles. The summed E-state index contributed by atoms with van der Waals surface area (Å²) in [6.45, 7) is 6.29. The van der Waals surface area contributed by atoms with Gasteiger partial charge in [0.1, 0.15) is 6.04 Å². The Morgan fingerprint density at radius 2 is 2.11 bits per heavy atom. The van der Waals surface area contributed by atoms with Crippen molar-refractivity contribution in [1.29, 1.82) is 0 Å². The van der Waals surface area contributed by atoms with Crippen molar-refractivity contribution in [2.24, 2.45) is 5.92 Å². The van der Waals surface area contributed by atoms with Crippen LogP contribution < -0.4 is 5.32 Å². The molecular formula is C12H22N2O3S. The lowest BCUT2D eigenvalue weighted by atomic mass is 9.96. The van der Waals surface area contributed by atoms with Crippen molar-refractivity contribution >= 4 is 22.6 Å². The van der Waals surface area contributed by atoms with Crippen molar-refractivity contribution in [3.8, 4) is 0 Å². The third-order valence-electron chi connectivity index (χ3n) is 3.35. The minimum Gasteiger partial charge on any atom is -0.342 e. The normalized spacial score (nSPS) is 23.7. The number of nitrogens with zero attached hydrogens (tertiary/aromatic N) is 1. The highest BCUT2D eigenvalue weighted by molar-refractivity contribution is 7.84. The van der Waals surface area contributed by atoms with Crippen molar-refractivity contribution < 1.29 is 13.8 Å². The highest BCUT2D eigenvalue weighted by atomic mass is 32.2. The molecule has 0 aromatic heterocycles. The molecule has 3 atom stereocenters. The Morgan fingerprint density at radius 1 is 1.44 bits per heavy atom. The summed E-state index contributed by atoms with van der Waals surface area (Å²) < 4.78 is 11.4. The second kappa shape index (κ2) is 6.87. The van der Waals surface area contributed by atoms with Crippen LogP contribution in [-0.2, 0) is 20.4 Å². The summed E-state index contributed by atoms with van der Waals surface area (Å²) in [7, 11) is -0.904. The molecule has 1 rings (SSSR count). The summed E-state index contributed by atoms with van der Waals surface area (Å²) in [6, 6.07) is -0.425. The van der Waals surface area contributed by atoms with Crippen molar-refractivity contribution in [3.63, 3.8) is 0 Å². The smallest absolute Gasteiger partial charge is 0.245 e. The van der Waals surface area contributed by atoms with Gasteiger partial charge in [-0.05, 0) is 5.92 Å². The zero-order valence-electron chi connectivity index (χ0n) is 11.3. The molecule has 5 nitrogen and oxygen atoms in total. The molecule has 18 heavy (non-hydrogen) atoms. The van der Waals surface area contributed by atoms with E-state index >= 15 is 0 Å². The lowest BCUT2D eigenvalue weighted by Crippen LogP contribution is -2.60. The average molecular weight is 274 g/mol. The van der Waals surface area contributed by atoms with Gasteiger partial charge in [0.25, 0.3) is 0 Å². The molecule has 0 bridgehead atoms. The van der Waals surface area contributed by atoms with E-state index in [9.17, 15) is 13.8 Å². The van der Waals surface area contributed by atoms with E-state index in [1.54, 1.807) is 0 Å². The Morgan fingerprint density at radius 3 is 2.67 bits per heavy atom. The lowest BCUT2D eigenvalue weighted by molar-refractivity contribution is -0.145. The van der Waals surface area contributed by atoms with E-state index in [0.29, 0.717) is 18.1 Å². The number of piperazine rings is 1. The molecule has 0 aromatic carbocycles. The molecule has 0 spiro atoms. The molecule has 1 aliphatic rings. The molecular weight excluding hydrogens is 252 g/mol. The van der Waals surface area contributed by atoms with Gasteiger partial charge in [0.15, 0.2) is 0 Å². The molecule has 1 aliphatic heterocycles. The van der Waals surface area contributed by atoms with Gasteiger partial charge in [-0.2, -0.15) is 0 Å². The predicted molar refractivity (Wildman–Crippen MR) is 71.5 cm³/mol. The summed E-state index contributed by atoms with van der Waals surface area (Å²) >= 11 is 0.